The Morgan fingerprint density at radius 3 is 0.978 bits per heavy atom. The Balaban J connectivity index is 0.000000243. The van der Waals surface area contributed by atoms with Crippen LogP contribution in [0.2, 0.25) is 0 Å². The molecule has 0 aliphatic heterocycles. The van der Waals surface area contributed by atoms with Gasteiger partial charge in [-0.05, 0) is 20.5 Å². The molecule has 0 aromatic carbocycles. The van der Waals surface area contributed by atoms with Crippen LogP contribution in [0, 0.1) is 0 Å². The molecule has 0 radical (unpaired) electrons. The van der Waals surface area contributed by atoms with Gasteiger partial charge in [-0.2, -0.15) is 150 Å². The predicted molar refractivity (Wildman–Crippen MR) is 268 cm³/mol. The molecule has 9 aromatic rings. The summed E-state index contributed by atoms with van der Waals surface area (Å²) in [5.41, 5.74) is -9.50. The van der Waals surface area contributed by atoms with Crippen molar-refractivity contribution in [3.63, 3.8) is 0 Å². The van der Waals surface area contributed by atoms with Crippen LogP contribution >= 0.6 is 34.0 Å². The number of aromatic nitrogens is 15. The van der Waals surface area contributed by atoms with Gasteiger partial charge in [0.1, 0.15) is 34.7 Å². The topological polar surface area (TPSA) is 254 Å². The van der Waals surface area contributed by atoms with Crippen LogP contribution in [-0.4, -0.2) is 129 Å². The van der Waals surface area contributed by atoms with Crippen molar-refractivity contribution in [3.8, 4) is 33.4 Å². The smallest absolute Gasteiger partial charge is 0.389 e. The van der Waals surface area contributed by atoms with Gasteiger partial charge in [-0.1, -0.05) is 48.4 Å². The van der Waals surface area contributed by atoms with E-state index in [1.54, 1.807) is 14.0 Å². The Morgan fingerprint density at radius 2 is 0.725 bits per heavy atom. The molecule has 0 spiro atoms. The predicted octanol–water partition coefficient (Wildman–Crippen LogP) is 9.68. The highest BCUT2D eigenvalue weighted by Crippen LogP contribution is 2.42. The minimum absolute atomic E-state index is 0. The molecule has 9 rings (SSSR count). The lowest BCUT2D eigenvalue weighted by molar-refractivity contribution is -0.287. The first-order valence-electron chi connectivity index (χ1n) is 23.5. The van der Waals surface area contributed by atoms with E-state index >= 15 is 0 Å². The molecule has 21 nitrogen and oxygen atoms in total. The number of aliphatic hydroxyl groups excluding tert-OH is 1. The van der Waals surface area contributed by atoms with Gasteiger partial charge in [0.25, 0.3) is 16.7 Å². The van der Waals surface area contributed by atoms with Gasteiger partial charge in [-0.25, -0.2) is 15.0 Å². The number of alkyl halides is 24. The van der Waals surface area contributed by atoms with Crippen molar-refractivity contribution in [3.05, 3.63) is 100 Å². The molecule has 0 amide bonds. The number of halogens is 24. The Labute approximate surface area is 498 Å². The zero-order chi connectivity index (χ0) is 68.0. The average molecular weight is 1410 g/mol. The maximum atomic E-state index is 13.5. The first kappa shape index (κ1) is 73.9. The lowest BCUT2D eigenvalue weighted by Crippen LogP contribution is -2.40. The molecular weight excluding hydrogens is 1370 g/mol. The summed E-state index contributed by atoms with van der Waals surface area (Å²) >= 11 is 1.98. The van der Waals surface area contributed by atoms with Crippen LogP contribution in [0.3, 0.4) is 0 Å². The Bertz CT molecular complexity index is 4020. The molecule has 0 aliphatic rings. The molecule has 0 bridgehead atoms. The molecule has 91 heavy (non-hydrogen) atoms. The molecule has 0 saturated carbocycles. The van der Waals surface area contributed by atoms with Crippen molar-refractivity contribution in [1.29, 1.82) is 0 Å². The van der Waals surface area contributed by atoms with Gasteiger partial charge in [-0.15, -0.1) is 0 Å². The van der Waals surface area contributed by atoms with Gasteiger partial charge >= 0.3 is 54.8 Å². The van der Waals surface area contributed by atoms with Crippen LogP contribution in [0.25, 0.3) is 48.3 Å². The molecule has 0 atom stereocenters. The first-order chi connectivity index (χ1) is 41.2. The Hall–Kier alpha value is -7.86. The molecule has 9 aromatic heterocycles. The van der Waals surface area contributed by atoms with E-state index in [9.17, 15) is 120 Å². The van der Waals surface area contributed by atoms with Crippen molar-refractivity contribution in [2.24, 2.45) is 5.73 Å². The maximum absolute atomic E-state index is 13.5. The first-order valence-corrected chi connectivity index (χ1v) is 25.9. The highest BCUT2D eigenvalue weighted by molar-refractivity contribution is 7.17. The number of nitrogens with one attached hydrogen (secondary N) is 1. The highest BCUT2D eigenvalue weighted by Gasteiger charge is 2.60. The summed E-state index contributed by atoms with van der Waals surface area (Å²) in [5, 5.41) is 33.1. The van der Waals surface area contributed by atoms with E-state index in [4.69, 9.17) is 5.11 Å². The molecule has 502 valence electrons. The lowest BCUT2D eigenvalue weighted by Gasteiger charge is -2.19. The molecule has 9 heterocycles. The fraction of sp³-hybridized carbons (Fsp3) is 0.442. The molecule has 0 aliphatic carbocycles. The van der Waals surface area contributed by atoms with E-state index in [1.165, 1.54) is 7.05 Å². The van der Waals surface area contributed by atoms with Crippen molar-refractivity contribution in [2.45, 2.75) is 108 Å². The van der Waals surface area contributed by atoms with Crippen LogP contribution in [-0.2, 0) is 57.7 Å². The number of aliphatic hydroxyl groups is 1. The third kappa shape index (κ3) is 15.9. The quantitative estimate of drug-likeness (QED) is 0.0908. The third-order valence-electron chi connectivity index (χ3n) is 11.0. The standard InChI is InChI=1S/C14H10F8N6OS.C14H9F8N5OS.C13H7F8N5O2S.CH5N.CH4/c1-23-3-7-26-28-10(29)8(9(13(17,18)19)25-11(28)30-7)6-2-24-27(4-6)5-12(15,16)14(20,21)22;1-2-7-25-27-10(28)8(9(13(17,18)19)24-11(27)29-7)6-3-23-26(4-6)5-12(15,16)14(20,21)22;14-11(15,13(19,20)21)4-25-2-5(1-22-25)7-8(12(16,17)18)23-10-26(9(7)28)24-6(3-27)29-10;1-2;/h2,4,23H,3,5H2,1H3;3-4H,2,5H2,1H3;1-2,27H,3-4H2;2H2,1H3;1H4. The minimum atomic E-state index is -5.91. The normalized spacial score (nSPS) is 13.0. The largest absolute Gasteiger partial charge is 0.455 e. The van der Waals surface area contributed by atoms with Crippen molar-refractivity contribution in [2.75, 3.05) is 14.1 Å². The van der Waals surface area contributed by atoms with Gasteiger partial charge in [-0.3, -0.25) is 28.4 Å². The maximum Gasteiger partial charge on any atom is 0.455 e. The van der Waals surface area contributed by atoms with Gasteiger partial charge in [0.15, 0.2) is 17.1 Å². The van der Waals surface area contributed by atoms with Gasteiger partial charge in [0, 0.05) is 41.8 Å². The number of fused-ring (bicyclic) bond motifs is 3. The average Bonchev–Trinajstić information content (AvgIpc) is 1.70. The number of nitrogens with two attached hydrogens (primary N) is 1. The second-order valence-electron chi connectivity index (χ2n) is 17.4. The summed E-state index contributed by atoms with van der Waals surface area (Å²) < 4.78 is 313. The van der Waals surface area contributed by atoms with Crippen LogP contribution < -0.4 is 27.7 Å². The van der Waals surface area contributed by atoms with Crippen LogP contribution in [0.1, 0.15) is 46.5 Å². The molecule has 0 saturated heterocycles. The van der Waals surface area contributed by atoms with Gasteiger partial charge < -0.3 is 16.2 Å². The number of hydrogen-bond acceptors (Lipinski definition) is 18. The molecule has 4 N–H and O–H groups in total. The van der Waals surface area contributed by atoms with E-state index in [0.717, 1.165) is 22.7 Å². The highest BCUT2D eigenvalue weighted by atomic mass is 32.1. The van der Waals surface area contributed by atoms with E-state index in [-0.39, 0.29) is 48.0 Å². The zero-order valence-electron chi connectivity index (χ0n) is 44.0. The van der Waals surface area contributed by atoms with E-state index in [2.05, 4.69) is 56.6 Å². The molecule has 48 heteroatoms. The summed E-state index contributed by atoms with van der Waals surface area (Å²) in [6.45, 7) is -4.84. The molecular formula is C43H35F24N17O4S3. The second kappa shape index (κ2) is 26.4. The van der Waals surface area contributed by atoms with Crippen molar-refractivity contribution >= 4 is 48.9 Å². The Morgan fingerprint density at radius 1 is 0.462 bits per heavy atom. The van der Waals surface area contributed by atoms with Crippen LogP contribution in [0.5, 0.6) is 0 Å². The van der Waals surface area contributed by atoms with E-state index in [1.807, 2.05) is 0 Å². The summed E-state index contributed by atoms with van der Waals surface area (Å²) in [6.07, 6.45) is -29.6. The SMILES string of the molecule is C.CCc1nn2c(=O)c(-c3cnn(CC(F)(F)C(F)(F)F)c3)c(C(F)(F)F)nc2s1.CN.CNCc1nn2c(=O)c(-c3cnn(CC(F)(F)C(F)(F)F)c3)c(C(F)(F)F)nc2s1.O=c1c(-c2cnn(CC(F)(F)C(F)(F)F)c2)c(C(F)(F)F)nc2sc(CO)nn12. The van der Waals surface area contributed by atoms with Gasteiger partial charge in [0.2, 0.25) is 14.9 Å². The summed E-state index contributed by atoms with van der Waals surface area (Å²) in [6, 6.07) is 0. The number of aryl methyl sites for hydroxylation is 1. The minimum Gasteiger partial charge on any atom is -0.389 e. The fourth-order valence-electron chi connectivity index (χ4n) is 7.10. The third-order valence-corrected chi connectivity index (χ3v) is 13.9. The lowest BCUT2D eigenvalue weighted by atomic mass is 10.1. The zero-order valence-corrected chi connectivity index (χ0v) is 46.4. The fourth-order valence-corrected chi connectivity index (χ4v) is 9.56. The number of hydrogen-bond donors (Lipinski definition) is 3. The van der Waals surface area contributed by atoms with Crippen LogP contribution in [0.15, 0.2) is 51.6 Å². The molecule has 0 unspecified atom stereocenters. The Kier molecular flexibility index (Phi) is 21.4. The molecule has 0 fully saturated rings. The summed E-state index contributed by atoms with van der Waals surface area (Å²) in [4.78, 5) is 46.6. The van der Waals surface area contributed by atoms with E-state index in [0.29, 0.717) is 73.5 Å². The summed E-state index contributed by atoms with van der Waals surface area (Å²) in [7, 11) is 3.04. The monoisotopic (exact) mass is 1410 g/mol. The number of nitrogens with zero attached hydrogens (tertiary/aromatic N) is 15. The van der Waals surface area contributed by atoms with Crippen LogP contribution in [0.4, 0.5) is 105 Å². The van der Waals surface area contributed by atoms with E-state index < -0.39 is 153 Å². The van der Waals surface area contributed by atoms with Crippen molar-refractivity contribution < 1.29 is 110 Å². The summed E-state index contributed by atoms with van der Waals surface area (Å²) in [5.74, 6) is -15.6. The van der Waals surface area contributed by atoms with Gasteiger partial charge in [0.05, 0.1) is 41.9 Å². The van der Waals surface area contributed by atoms with Crippen molar-refractivity contribution in [1.82, 2.24) is 78.5 Å². The second-order valence-corrected chi connectivity index (χ2v) is 20.5. The number of rotatable bonds is 13.